The largest absolute Gasteiger partial charge is 0.452 e. The fourth-order valence-electron chi connectivity index (χ4n) is 6.04. The molecule has 192 valence electrons. The van der Waals surface area contributed by atoms with Crippen molar-refractivity contribution in [3.63, 3.8) is 0 Å². The normalized spacial score (nSPS) is 16.1. The van der Waals surface area contributed by atoms with Crippen molar-refractivity contribution in [3.05, 3.63) is 133 Å². The molecule has 0 spiro atoms. The van der Waals surface area contributed by atoms with Gasteiger partial charge in [0.2, 0.25) is 0 Å². The van der Waals surface area contributed by atoms with Crippen molar-refractivity contribution in [3.8, 4) is 22.3 Å². The van der Waals surface area contributed by atoms with Gasteiger partial charge in [-0.05, 0) is 64.7 Å². The first-order valence-corrected chi connectivity index (χ1v) is 13.8. The molecule has 5 aromatic carbocycles. The fraction of sp³-hybridized carbons (Fsp3) is 0.0270. The molecule has 2 aromatic heterocycles. The van der Waals surface area contributed by atoms with E-state index in [1.165, 1.54) is 0 Å². The standard InChI is InChI=1S/C37H22N2O2/c1-4-11-33-27(8-1)28-17-18-29-30-21-25(16-19-34(30)41-36(29)35(28)40-33)23-14-12-22(13-15-23)24-6-5-7-26(20-24)37-38-31-9-2-3-10-32(31)39-37/h1-21,31H. The molecule has 0 bridgehead atoms. The third kappa shape index (κ3) is 3.47. The number of fused-ring (bicyclic) bond motifs is 8. The third-order valence-corrected chi connectivity index (χ3v) is 8.13. The van der Waals surface area contributed by atoms with Gasteiger partial charge in [0.15, 0.2) is 17.0 Å². The molecule has 0 amide bonds. The molecule has 2 aliphatic rings. The van der Waals surface area contributed by atoms with Crippen LogP contribution in [0.5, 0.6) is 0 Å². The highest BCUT2D eigenvalue weighted by molar-refractivity contribution is 6.19. The first kappa shape index (κ1) is 22.3. The zero-order chi connectivity index (χ0) is 26.9. The van der Waals surface area contributed by atoms with Gasteiger partial charge in [0.25, 0.3) is 0 Å². The average Bonchev–Trinajstić information content (AvgIpc) is 3.74. The summed E-state index contributed by atoms with van der Waals surface area (Å²) < 4.78 is 12.5. The minimum atomic E-state index is 0.0346. The minimum absolute atomic E-state index is 0.0346. The van der Waals surface area contributed by atoms with Crippen LogP contribution in [0.3, 0.4) is 0 Å². The van der Waals surface area contributed by atoms with Crippen molar-refractivity contribution in [2.24, 2.45) is 9.98 Å². The number of hydrogen-bond donors (Lipinski definition) is 0. The molecular formula is C37H22N2O2. The molecule has 4 nitrogen and oxygen atoms in total. The van der Waals surface area contributed by atoms with Crippen LogP contribution in [0.15, 0.2) is 146 Å². The van der Waals surface area contributed by atoms with E-state index in [1.54, 1.807) is 0 Å². The molecule has 1 aliphatic carbocycles. The van der Waals surface area contributed by atoms with E-state index < -0.39 is 0 Å². The van der Waals surface area contributed by atoms with Gasteiger partial charge in [0.05, 0.1) is 5.71 Å². The Balaban J connectivity index is 1.07. The van der Waals surface area contributed by atoms with E-state index in [-0.39, 0.29) is 6.04 Å². The van der Waals surface area contributed by atoms with E-state index in [4.69, 9.17) is 18.8 Å². The van der Waals surface area contributed by atoms with Crippen molar-refractivity contribution < 1.29 is 8.83 Å². The molecule has 3 heterocycles. The van der Waals surface area contributed by atoms with Gasteiger partial charge in [-0.3, -0.25) is 4.99 Å². The van der Waals surface area contributed by atoms with Crippen LogP contribution in [-0.4, -0.2) is 17.6 Å². The molecular weight excluding hydrogens is 504 g/mol. The van der Waals surface area contributed by atoms with Crippen molar-refractivity contribution in [2.75, 3.05) is 0 Å². The summed E-state index contributed by atoms with van der Waals surface area (Å²) >= 11 is 0. The quantitative estimate of drug-likeness (QED) is 0.230. The molecule has 0 radical (unpaired) electrons. The summed E-state index contributed by atoms with van der Waals surface area (Å²) in [5, 5.41) is 4.33. The lowest BCUT2D eigenvalue weighted by atomic mass is 9.98. The number of amidine groups is 1. The summed E-state index contributed by atoms with van der Waals surface area (Å²) in [5.74, 6) is 0.792. The van der Waals surface area contributed by atoms with E-state index in [9.17, 15) is 0 Å². The summed E-state index contributed by atoms with van der Waals surface area (Å²) in [6.45, 7) is 0. The van der Waals surface area contributed by atoms with Crippen molar-refractivity contribution in [1.29, 1.82) is 0 Å². The van der Waals surface area contributed by atoms with E-state index >= 15 is 0 Å². The predicted octanol–water partition coefficient (Wildman–Crippen LogP) is 9.52. The van der Waals surface area contributed by atoms with E-state index in [0.717, 1.165) is 83.2 Å². The van der Waals surface area contributed by atoms with E-state index in [0.29, 0.717) is 0 Å². The SMILES string of the molecule is C1=CC2=NC(c3cccc(-c4ccc(-c5ccc6oc7c(ccc8c9ccccc9oc87)c6c5)cc4)c3)=NC2C=C1. The second-order valence-corrected chi connectivity index (χ2v) is 10.6. The van der Waals surface area contributed by atoms with Crippen LogP contribution in [0, 0.1) is 0 Å². The van der Waals surface area contributed by atoms with Crippen LogP contribution < -0.4 is 0 Å². The highest BCUT2D eigenvalue weighted by Gasteiger charge is 2.21. The summed E-state index contributed by atoms with van der Waals surface area (Å²) in [6.07, 6.45) is 8.16. The Bertz CT molecular complexity index is 2310. The lowest BCUT2D eigenvalue weighted by Crippen LogP contribution is -2.11. The van der Waals surface area contributed by atoms with Crippen LogP contribution in [-0.2, 0) is 0 Å². The zero-order valence-electron chi connectivity index (χ0n) is 21.9. The van der Waals surface area contributed by atoms with E-state index in [1.807, 2.05) is 36.4 Å². The molecule has 9 rings (SSSR count). The smallest absolute Gasteiger partial charge is 0.178 e. The maximum absolute atomic E-state index is 6.33. The number of allylic oxidation sites excluding steroid dienone is 2. The van der Waals surface area contributed by atoms with Crippen molar-refractivity contribution >= 4 is 55.4 Å². The van der Waals surface area contributed by atoms with Gasteiger partial charge in [0.1, 0.15) is 17.2 Å². The number of nitrogens with zero attached hydrogens (tertiary/aromatic N) is 2. The molecule has 0 N–H and O–H groups in total. The molecule has 0 fully saturated rings. The molecule has 0 saturated carbocycles. The minimum Gasteiger partial charge on any atom is -0.452 e. The zero-order valence-corrected chi connectivity index (χ0v) is 21.9. The van der Waals surface area contributed by atoms with Crippen molar-refractivity contribution in [2.45, 2.75) is 6.04 Å². The first-order valence-electron chi connectivity index (χ1n) is 13.8. The van der Waals surface area contributed by atoms with Gasteiger partial charge in [-0.1, -0.05) is 85.0 Å². The second kappa shape index (κ2) is 8.51. The third-order valence-electron chi connectivity index (χ3n) is 8.13. The number of hydrogen-bond acceptors (Lipinski definition) is 4. The van der Waals surface area contributed by atoms with Crippen LogP contribution >= 0.6 is 0 Å². The Hall–Kier alpha value is -5.48. The number of rotatable bonds is 3. The Labute approximate surface area is 235 Å². The predicted molar refractivity (Wildman–Crippen MR) is 168 cm³/mol. The number of furan rings is 2. The highest BCUT2D eigenvalue weighted by atomic mass is 16.4. The first-order chi connectivity index (χ1) is 20.3. The number of para-hydroxylation sites is 1. The Morgan fingerprint density at radius 1 is 0.512 bits per heavy atom. The summed E-state index contributed by atoms with van der Waals surface area (Å²) in [6, 6.07) is 36.0. The van der Waals surface area contributed by atoms with Crippen LogP contribution in [0.1, 0.15) is 5.56 Å². The molecule has 41 heavy (non-hydrogen) atoms. The molecule has 0 saturated heterocycles. The number of aliphatic imine (C=N–C) groups is 2. The van der Waals surface area contributed by atoms with Crippen LogP contribution in [0.4, 0.5) is 0 Å². The summed E-state index contributed by atoms with van der Waals surface area (Å²) in [5.41, 5.74) is 9.95. The molecule has 1 atom stereocenters. The van der Waals surface area contributed by atoms with Gasteiger partial charge < -0.3 is 8.83 Å². The lowest BCUT2D eigenvalue weighted by molar-refractivity contribution is 0.633. The van der Waals surface area contributed by atoms with E-state index in [2.05, 4.69) is 91.0 Å². The highest BCUT2D eigenvalue weighted by Crippen LogP contribution is 2.39. The van der Waals surface area contributed by atoms with Gasteiger partial charge in [-0.2, -0.15) is 0 Å². The molecule has 1 aliphatic heterocycles. The van der Waals surface area contributed by atoms with Crippen LogP contribution in [0.2, 0.25) is 0 Å². The maximum atomic E-state index is 6.33. The fourth-order valence-corrected chi connectivity index (χ4v) is 6.04. The van der Waals surface area contributed by atoms with Gasteiger partial charge >= 0.3 is 0 Å². The second-order valence-electron chi connectivity index (χ2n) is 10.6. The van der Waals surface area contributed by atoms with Gasteiger partial charge in [-0.15, -0.1) is 0 Å². The van der Waals surface area contributed by atoms with Crippen molar-refractivity contribution in [1.82, 2.24) is 0 Å². The molecule has 4 heteroatoms. The van der Waals surface area contributed by atoms with Crippen LogP contribution in [0.25, 0.3) is 66.1 Å². The Morgan fingerprint density at radius 3 is 2.00 bits per heavy atom. The summed E-state index contributed by atoms with van der Waals surface area (Å²) in [7, 11) is 0. The Kier molecular flexibility index (Phi) is 4.64. The molecule has 7 aromatic rings. The Morgan fingerprint density at radius 2 is 1.20 bits per heavy atom. The topological polar surface area (TPSA) is 51.0 Å². The average molecular weight is 527 g/mol. The molecule has 1 unspecified atom stereocenters. The summed E-state index contributed by atoms with van der Waals surface area (Å²) in [4.78, 5) is 9.55. The van der Waals surface area contributed by atoms with Gasteiger partial charge in [0, 0.05) is 27.1 Å². The maximum Gasteiger partial charge on any atom is 0.178 e. The number of benzene rings is 5. The lowest BCUT2D eigenvalue weighted by Gasteiger charge is -2.07. The monoisotopic (exact) mass is 526 g/mol. The van der Waals surface area contributed by atoms with Gasteiger partial charge in [-0.25, -0.2) is 4.99 Å².